The van der Waals surface area contributed by atoms with Crippen molar-refractivity contribution in [2.45, 2.75) is 18.2 Å². The molecule has 2 N–H and O–H groups in total. The number of urea groups is 1. The molecule has 2 amide bonds. The molecule has 5 nitrogen and oxygen atoms in total. The standard InChI is InChI=1S/C13H17BrN2O3S/c1-3-20-10-6-4-5-9(14)12(10)15-13(19)16(2)8-7-11(17)18/h4-6H,3,7-8H2,1-2H3,(H,15,19)(H,17,18). The normalized spacial score (nSPS) is 10.2. The number of benzene rings is 1. The van der Waals surface area contributed by atoms with Crippen molar-refractivity contribution < 1.29 is 14.7 Å². The van der Waals surface area contributed by atoms with Gasteiger partial charge < -0.3 is 15.3 Å². The van der Waals surface area contributed by atoms with Crippen molar-refractivity contribution in [1.29, 1.82) is 0 Å². The molecule has 0 spiro atoms. The number of carbonyl (C=O) groups is 2. The predicted octanol–water partition coefficient (Wildman–Crippen LogP) is 3.50. The Morgan fingerprint density at radius 2 is 2.15 bits per heavy atom. The SMILES string of the molecule is CCSc1cccc(Br)c1NC(=O)N(C)CCC(=O)O. The van der Waals surface area contributed by atoms with Crippen LogP contribution in [0.15, 0.2) is 27.6 Å². The van der Waals surface area contributed by atoms with Crippen LogP contribution in [0.3, 0.4) is 0 Å². The number of hydrogen-bond acceptors (Lipinski definition) is 3. The van der Waals surface area contributed by atoms with Crippen molar-refractivity contribution in [2.24, 2.45) is 0 Å². The van der Waals surface area contributed by atoms with Crippen LogP contribution in [0.4, 0.5) is 10.5 Å². The molecular formula is C13H17BrN2O3S. The van der Waals surface area contributed by atoms with Crippen molar-refractivity contribution in [1.82, 2.24) is 4.90 Å². The molecule has 0 bridgehead atoms. The number of amides is 2. The molecule has 0 saturated carbocycles. The Kier molecular flexibility index (Phi) is 6.87. The predicted molar refractivity (Wildman–Crippen MR) is 84.4 cm³/mol. The van der Waals surface area contributed by atoms with Gasteiger partial charge in [0, 0.05) is 23.0 Å². The van der Waals surface area contributed by atoms with Crippen LogP contribution in [0.5, 0.6) is 0 Å². The molecule has 0 aromatic heterocycles. The van der Waals surface area contributed by atoms with Crippen LogP contribution in [-0.2, 0) is 4.79 Å². The molecule has 7 heteroatoms. The lowest BCUT2D eigenvalue weighted by molar-refractivity contribution is -0.137. The minimum Gasteiger partial charge on any atom is -0.481 e. The van der Waals surface area contributed by atoms with Gasteiger partial charge in [-0.25, -0.2) is 4.79 Å². The maximum Gasteiger partial charge on any atom is 0.321 e. The third kappa shape index (κ3) is 5.05. The maximum atomic E-state index is 12.0. The van der Waals surface area contributed by atoms with Crippen molar-refractivity contribution in [3.8, 4) is 0 Å². The van der Waals surface area contributed by atoms with Crippen LogP contribution < -0.4 is 5.32 Å². The molecule has 0 aliphatic carbocycles. The van der Waals surface area contributed by atoms with Crippen LogP contribution in [-0.4, -0.2) is 41.4 Å². The molecule has 0 aliphatic heterocycles. The molecule has 1 rings (SSSR count). The molecule has 0 saturated heterocycles. The van der Waals surface area contributed by atoms with E-state index in [1.807, 2.05) is 25.1 Å². The number of nitrogens with zero attached hydrogens (tertiary/aromatic N) is 1. The largest absolute Gasteiger partial charge is 0.481 e. The summed E-state index contributed by atoms with van der Waals surface area (Å²) in [5.74, 6) is -0.0264. The van der Waals surface area contributed by atoms with Gasteiger partial charge in [0.05, 0.1) is 12.1 Å². The summed E-state index contributed by atoms with van der Waals surface area (Å²) in [4.78, 5) is 24.9. The fourth-order valence-electron chi connectivity index (χ4n) is 1.47. The third-order valence-electron chi connectivity index (χ3n) is 2.51. The van der Waals surface area contributed by atoms with Crippen LogP contribution in [0, 0.1) is 0 Å². The molecule has 110 valence electrons. The summed E-state index contributed by atoms with van der Waals surface area (Å²) in [6, 6.07) is 5.38. The highest BCUT2D eigenvalue weighted by Gasteiger charge is 2.14. The van der Waals surface area contributed by atoms with Crippen LogP contribution in [0.2, 0.25) is 0 Å². The number of rotatable bonds is 6. The lowest BCUT2D eigenvalue weighted by Gasteiger charge is -2.19. The number of hydrogen-bond donors (Lipinski definition) is 2. The number of carboxylic acids is 1. The molecular weight excluding hydrogens is 344 g/mol. The smallest absolute Gasteiger partial charge is 0.321 e. The second-order valence-corrected chi connectivity index (χ2v) is 6.20. The van der Waals surface area contributed by atoms with E-state index >= 15 is 0 Å². The highest BCUT2D eigenvalue weighted by atomic mass is 79.9. The fourth-order valence-corrected chi connectivity index (χ4v) is 2.86. The summed E-state index contributed by atoms with van der Waals surface area (Å²) in [5, 5.41) is 11.4. The zero-order chi connectivity index (χ0) is 15.1. The summed E-state index contributed by atoms with van der Waals surface area (Å²) >= 11 is 5.05. The third-order valence-corrected chi connectivity index (χ3v) is 4.12. The molecule has 0 fully saturated rings. The molecule has 0 unspecified atom stereocenters. The number of nitrogens with one attached hydrogen (secondary N) is 1. The van der Waals surface area contributed by atoms with E-state index in [4.69, 9.17) is 5.11 Å². The Balaban J connectivity index is 2.76. The number of carbonyl (C=O) groups excluding carboxylic acids is 1. The number of anilines is 1. The Bertz CT molecular complexity index is 497. The average molecular weight is 361 g/mol. The number of halogens is 1. The lowest BCUT2D eigenvalue weighted by atomic mass is 10.3. The molecule has 1 aromatic carbocycles. The second kappa shape index (κ2) is 8.16. The number of para-hydroxylation sites is 1. The highest BCUT2D eigenvalue weighted by Crippen LogP contribution is 2.33. The van der Waals surface area contributed by atoms with Gasteiger partial charge in [0.1, 0.15) is 0 Å². The first-order valence-electron chi connectivity index (χ1n) is 6.11. The van der Waals surface area contributed by atoms with Gasteiger partial charge in [0.15, 0.2) is 0 Å². The number of thioether (sulfide) groups is 1. The Labute approximate surface area is 130 Å². The molecule has 0 aliphatic rings. The zero-order valence-electron chi connectivity index (χ0n) is 11.4. The monoisotopic (exact) mass is 360 g/mol. The van der Waals surface area contributed by atoms with Gasteiger partial charge in [-0.15, -0.1) is 11.8 Å². The van der Waals surface area contributed by atoms with Gasteiger partial charge in [0.2, 0.25) is 0 Å². The van der Waals surface area contributed by atoms with E-state index in [0.29, 0.717) is 5.69 Å². The van der Waals surface area contributed by atoms with Gasteiger partial charge in [-0.3, -0.25) is 4.79 Å². The van der Waals surface area contributed by atoms with Gasteiger partial charge in [0.25, 0.3) is 0 Å². The van der Waals surface area contributed by atoms with E-state index in [9.17, 15) is 9.59 Å². The molecule has 1 aromatic rings. The molecule has 0 atom stereocenters. The quantitative estimate of drug-likeness (QED) is 0.761. The summed E-state index contributed by atoms with van der Waals surface area (Å²) in [5.41, 5.74) is 0.714. The number of aliphatic carboxylic acids is 1. The summed E-state index contributed by atoms with van der Waals surface area (Å²) in [7, 11) is 1.57. The minimum absolute atomic E-state index is 0.0730. The highest BCUT2D eigenvalue weighted by molar-refractivity contribution is 9.10. The van der Waals surface area contributed by atoms with Crippen molar-refractivity contribution in [3.63, 3.8) is 0 Å². The summed E-state index contributed by atoms with van der Waals surface area (Å²) < 4.78 is 0.802. The Morgan fingerprint density at radius 1 is 1.45 bits per heavy atom. The van der Waals surface area contributed by atoms with E-state index in [0.717, 1.165) is 15.1 Å². The van der Waals surface area contributed by atoms with Crippen LogP contribution >= 0.6 is 27.7 Å². The van der Waals surface area contributed by atoms with Gasteiger partial charge in [-0.1, -0.05) is 13.0 Å². The Morgan fingerprint density at radius 3 is 2.75 bits per heavy atom. The van der Waals surface area contributed by atoms with Gasteiger partial charge >= 0.3 is 12.0 Å². The van der Waals surface area contributed by atoms with Crippen molar-refractivity contribution in [3.05, 3.63) is 22.7 Å². The lowest BCUT2D eigenvalue weighted by Crippen LogP contribution is -2.33. The van der Waals surface area contributed by atoms with Crippen molar-refractivity contribution >= 4 is 45.4 Å². The first-order valence-corrected chi connectivity index (χ1v) is 7.88. The zero-order valence-corrected chi connectivity index (χ0v) is 13.8. The summed E-state index contributed by atoms with van der Waals surface area (Å²) in [6.45, 7) is 2.21. The van der Waals surface area contributed by atoms with E-state index in [1.54, 1.807) is 18.8 Å². The topological polar surface area (TPSA) is 69.6 Å². The van der Waals surface area contributed by atoms with Crippen molar-refractivity contribution in [2.75, 3.05) is 24.7 Å². The summed E-state index contributed by atoms with van der Waals surface area (Å²) in [6.07, 6.45) is -0.0730. The fraction of sp³-hybridized carbons (Fsp3) is 0.385. The van der Waals surface area contributed by atoms with Crippen LogP contribution in [0.25, 0.3) is 0 Å². The first kappa shape index (κ1) is 16.8. The van der Waals surface area contributed by atoms with E-state index in [-0.39, 0.29) is 19.0 Å². The first-order chi connectivity index (χ1) is 9.45. The maximum absolute atomic E-state index is 12.0. The van der Waals surface area contributed by atoms with E-state index < -0.39 is 5.97 Å². The minimum atomic E-state index is -0.923. The van der Waals surface area contributed by atoms with E-state index in [1.165, 1.54) is 4.90 Å². The molecule has 0 radical (unpaired) electrons. The second-order valence-electron chi connectivity index (χ2n) is 4.04. The number of carboxylic acid groups (broad SMARTS) is 1. The van der Waals surface area contributed by atoms with E-state index in [2.05, 4.69) is 21.2 Å². The van der Waals surface area contributed by atoms with Gasteiger partial charge in [-0.05, 0) is 33.8 Å². The van der Waals surface area contributed by atoms with Crippen LogP contribution in [0.1, 0.15) is 13.3 Å². The van der Waals surface area contributed by atoms with Gasteiger partial charge in [-0.2, -0.15) is 0 Å². The molecule has 0 heterocycles. The Hall–Kier alpha value is -1.21. The average Bonchev–Trinajstić information content (AvgIpc) is 2.40. The molecule has 20 heavy (non-hydrogen) atoms.